The van der Waals surface area contributed by atoms with Gasteiger partial charge in [0.25, 0.3) is 0 Å². The molecule has 7 N–H and O–H groups in total. The summed E-state index contributed by atoms with van der Waals surface area (Å²) in [6.45, 7) is 0. The second kappa shape index (κ2) is 10.7. The van der Waals surface area contributed by atoms with E-state index in [1.54, 1.807) is 12.1 Å². The zero-order chi connectivity index (χ0) is 22.1. The quantitative estimate of drug-likeness (QED) is 0.358. The molecule has 28 heavy (non-hydrogen) atoms. The van der Waals surface area contributed by atoms with Gasteiger partial charge >= 0.3 is 24.1 Å². The van der Waals surface area contributed by atoms with Crippen molar-refractivity contribution in [3.63, 3.8) is 0 Å². The summed E-state index contributed by atoms with van der Waals surface area (Å²) in [6.07, 6.45) is -5.68. The third-order valence-electron chi connectivity index (χ3n) is 2.96. The molecular weight excluding hydrogens is 393 g/mol. The second-order valence-electron chi connectivity index (χ2n) is 5.28. The van der Waals surface area contributed by atoms with Gasteiger partial charge in [0, 0.05) is 0 Å². The predicted molar refractivity (Wildman–Crippen MR) is 85.3 cm³/mol. The Morgan fingerprint density at radius 2 is 1.50 bits per heavy atom. The highest BCUT2D eigenvalue weighted by Crippen LogP contribution is 2.13. The Bertz CT molecular complexity index is 706. The first-order valence-electron chi connectivity index (χ1n) is 7.32. The van der Waals surface area contributed by atoms with Crippen LogP contribution in [0.25, 0.3) is 0 Å². The number of hydrogen-bond donors (Lipinski definition) is 6. The topological polar surface area (TPSA) is 187 Å². The molecule has 0 radical (unpaired) electrons. The molecule has 1 aromatic rings. The smallest absolute Gasteiger partial charge is 0.490 e. The molecule has 0 aliphatic heterocycles. The van der Waals surface area contributed by atoms with Gasteiger partial charge < -0.3 is 31.5 Å². The van der Waals surface area contributed by atoms with E-state index in [-0.39, 0.29) is 12.2 Å². The third-order valence-corrected chi connectivity index (χ3v) is 2.96. The molecule has 156 valence electrons. The van der Waals surface area contributed by atoms with Crippen LogP contribution < -0.4 is 11.1 Å². The van der Waals surface area contributed by atoms with Gasteiger partial charge in [-0.2, -0.15) is 13.2 Å². The summed E-state index contributed by atoms with van der Waals surface area (Å²) >= 11 is 0. The van der Waals surface area contributed by atoms with Gasteiger partial charge in [-0.25, -0.2) is 9.59 Å². The van der Waals surface area contributed by atoms with E-state index in [2.05, 4.69) is 5.32 Å². The molecule has 0 bridgehead atoms. The van der Waals surface area contributed by atoms with Crippen molar-refractivity contribution < 1.29 is 52.8 Å². The van der Waals surface area contributed by atoms with E-state index in [1.807, 2.05) is 0 Å². The maximum absolute atomic E-state index is 11.8. The Morgan fingerprint density at radius 1 is 1.04 bits per heavy atom. The Kier molecular flexibility index (Phi) is 9.43. The number of amides is 1. The van der Waals surface area contributed by atoms with Gasteiger partial charge in [0.05, 0.1) is 12.5 Å². The van der Waals surface area contributed by atoms with Gasteiger partial charge in [0.2, 0.25) is 5.91 Å². The minimum Gasteiger partial charge on any atom is -0.508 e. The van der Waals surface area contributed by atoms with Crippen LogP contribution in [0.4, 0.5) is 13.2 Å². The van der Waals surface area contributed by atoms with Crippen LogP contribution in [0, 0.1) is 0 Å². The van der Waals surface area contributed by atoms with Crippen LogP contribution in [-0.4, -0.2) is 62.5 Å². The fourth-order valence-corrected chi connectivity index (χ4v) is 1.63. The molecule has 2 atom stereocenters. The average molecular weight is 410 g/mol. The standard InChI is InChI=1S/C13H16N2O6.C2HF3O2/c14-9(5-7-1-3-8(16)4-2-7)12(19)15-10(13(20)21)6-11(17)18;3-2(4,5)1(6)7/h1-4,9-10,16H,5-6,14H2,(H,15,19)(H,17,18)(H,20,21);(H,6,7)/t9-,10-;/m0./s1. The first-order valence-corrected chi connectivity index (χ1v) is 7.32. The molecule has 10 nitrogen and oxygen atoms in total. The molecule has 13 heteroatoms. The van der Waals surface area contributed by atoms with Crippen LogP contribution in [0.15, 0.2) is 24.3 Å². The lowest BCUT2D eigenvalue weighted by molar-refractivity contribution is -0.192. The third kappa shape index (κ3) is 9.96. The van der Waals surface area contributed by atoms with Crippen LogP contribution in [0.2, 0.25) is 0 Å². The molecule has 0 aliphatic rings. The van der Waals surface area contributed by atoms with Crippen molar-refractivity contribution in [1.82, 2.24) is 5.32 Å². The number of hydrogen-bond acceptors (Lipinski definition) is 6. The Balaban J connectivity index is 0.000000887. The lowest BCUT2D eigenvalue weighted by Gasteiger charge is -2.16. The van der Waals surface area contributed by atoms with Crippen molar-refractivity contribution in [2.24, 2.45) is 5.73 Å². The summed E-state index contributed by atoms with van der Waals surface area (Å²) in [7, 11) is 0. The molecule has 0 unspecified atom stereocenters. The molecule has 1 rings (SSSR count). The molecule has 0 aliphatic carbocycles. The van der Waals surface area contributed by atoms with Gasteiger partial charge in [0.15, 0.2) is 0 Å². The second-order valence-corrected chi connectivity index (χ2v) is 5.28. The van der Waals surface area contributed by atoms with Crippen LogP contribution in [0.3, 0.4) is 0 Å². The van der Waals surface area contributed by atoms with Gasteiger partial charge in [-0.1, -0.05) is 12.1 Å². The summed E-state index contributed by atoms with van der Waals surface area (Å²) in [6, 6.07) is 3.48. The van der Waals surface area contributed by atoms with Crippen LogP contribution in [0.1, 0.15) is 12.0 Å². The number of carboxylic acid groups (broad SMARTS) is 3. The number of carboxylic acids is 3. The number of halogens is 3. The average Bonchev–Trinajstić information content (AvgIpc) is 2.55. The van der Waals surface area contributed by atoms with Crippen molar-refractivity contribution in [2.75, 3.05) is 0 Å². The summed E-state index contributed by atoms with van der Waals surface area (Å²) in [4.78, 5) is 42.0. The summed E-state index contributed by atoms with van der Waals surface area (Å²) in [5.41, 5.74) is 6.33. The highest BCUT2D eigenvalue weighted by molar-refractivity contribution is 5.89. The first kappa shape index (κ1) is 24.7. The molecule has 1 aromatic carbocycles. The highest BCUT2D eigenvalue weighted by atomic mass is 19.4. The van der Waals surface area contributed by atoms with E-state index in [0.29, 0.717) is 5.56 Å². The molecule has 0 saturated heterocycles. The number of phenols is 1. The van der Waals surface area contributed by atoms with Gasteiger partial charge in [-0.05, 0) is 24.1 Å². The number of alkyl halides is 3. The number of nitrogens with one attached hydrogen (secondary N) is 1. The SMILES string of the molecule is N[C@@H](Cc1ccc(O)cc1)C(=O)N[C@@H](CC(=O)O)C(=O)O.O=C(O)C(F)(F)F. The van der Waals surface area contributed by atoms with Crippen molar-refractivity contribution in [3.05, 3.63) is 29.8 Å². The highest BCUT2D eigenvalue weighted by Gasteiger charge is 2.38. The van der Waals surface area contributed by atoms with Crippen molar-refractivity contribution in [3.8, 4) is 5.75 Å². The zero-order valence-corrected chi connectivity index (χ0v) is 14.0. The molecule has 0 spiro atoms. The summed E-state index contributed by atoms with van der Waals surface area (Å²) in [5.74, 6) is -6.22. The fraction of sp³-hybridized carbons (Fsp3) is 0.333. The van der Waals surface area contributed by atoms with Gasteiger partial charge in [-0.3, -0.25) is 9.59 Å². The van der Waals surface area contributed by atoms with Crippen LogP contribution in [0.5, 0.6) is 5.75 Å². The molecule has 1 amide bonds. The predicted octanol–water partition coefficient (Wildman–Crippen LogP) is -0.0606. The molecule has 0 fully saturated rings. The lowest BCUT2D eigenvalue weighted by Crippen LogP contribution is -2.49. The zero-order valence-electron chi connectivity index (χ0n) is 14.0. The molecule has 0 aromatic heterocycles. The number of carbonyl (C=O) groups excluding carboxylic acids is 1. The van der Waals surface area contributed by atoms with Crippen molar-refractivity contribution >= 4 is 23.8 Å². The Hall–Kier alpha value is -3.35. The monoisotopic (exact) mass is 410 g/mol. The first-order chi connectivity index (χ1) is 12.7. The maximum Gasteiger partial charge on any atom is 0.490 e. The van der Waals surface area contributed by atoms with E-state index in [1.165, 1.54) is 12.1 Å². The minimum absolute atomic E-state index is 0.0733. The van der Waals surface area contributed by atoms with E-state index in [4.69, 9.17) is 31.0 Å². The number of nitrogens with two attached hydrogens (primary N) is 1. The normalized spacial score (nSPS) is 12.7. The Morgan fingerprint density at radius 3 is 1.86 bits per heavy atom. The van der Waals surface area contributed by atoms with Crippen LogP contribution in [-0.2, 0) is 25.6 Å². The Labute approximate surface area is 155 Å². The van der Waals surface area contributed by atoms with Gasteiger partial charge in [0.1, 0.15) is 11.8 Å². The van der Waals surface area contributed by atoms with E-state index < -0.39 is 48.5 Å². The number of phenolic OH excluding ortho intramolecular Hbond substituents is 1. The van der Waals surface area contributed by atoms with Crippen molar-refractivity contribution in [2.45, 2.75) is 31.1 Å². The van der Waals surface area contributed by atoms with E-state index >= 15 is 0 Å². The minimum atomic E-state index is -5.08. The van der Waals surface area contributed by atoms with Gasteiger partial charge in [-0.15, -0.1) is 0 Å². The van der Waals surface area contributed by atoms with Crippen molar-refractivity contribution in [1.29, 1.82) is 0 Å². The molecular formula is C15H17F3N2O8. The maximum atomic E-state index is 11.8. The number of rotatable bonds is 7. The largest absolute Gasteiger partial charge is 0.508 e. The molecule has 0 saturated carbocycles. The molecule has 0 heterocycles. The summed E-state index contributed by atoms with van der Waals surface area (Å²) < 4.78 is 31.7. The van der Waals surface area contributed by atoms with E-state index in [9.17, 15) is 27.6 Å². The number of benzene rings is 1. The number of aliphatic carboxylic acids is 3. The number of aromatic hydroxyl groups is 1. The lowest BCUT2D eigenvalue weighted by atomic mass is 10.1. The van der Waals surface area contributed by atoms with Crippen LogP contribution >= 0.6 is 0 Å². The fourth-order valence-electron chi connectivity index (χ4n) is 1.63. The van der Waals surface area contributed by atoms with E-state index in [0.717, 1.165) is 0 Å². The number of carbonyl (C=O) groups is 4. The summed E-state index contributed by atoms with van der Waals surface area (Å²) in [5, 5.41) is 35.7.